The fourth-order valence-corrected chi connectivity index (χ4v) is 2.79. The predicted molar refractivity (Wildman–Crippen MR) is 62.2 cm³/mol. The van der Waals surface area contributed by atoms with E-state index in [0.29, 0.717) is 18.6 Å². The Morgan fingerprint density at radius 3 is 2.69 bits per heavy atom. The zero-order valence-corrected chi connectivity index (χ0v) is 10.4. The summed E-state index contributed by atoms with van der Waals surface area (Å²) in [4.78, 5) is 11.1. The number of nitrogens with zero attached hydrogens (tertiary/aromatic N) is 1. The van der Waals surface area contributed by atoms with Gasteiger partial charge in [0, 0.05) is 12.8 Å². The topological polar surface area (TPSA) is 50.1 Å². The van der Waals surface area contributed by atoms with Crippen LogP contribution < -0.4 is 4.74 Å². The second-order valence-electron chi connectivity index (χ2n) is 3.91. The molecule has 0 radical (unpaired) electrons. The van der Waals surface area contributed by atoms with Crippen molar-refractivity contribution in [3.63, 3.8) is 0 Å². The number of carbonyl (C=O) groups is 1. The van der Waals surface area contributed by atoms with E-state index in [1.54, 1.807) is 7.11 Å². The summed E-state index contributed by atoms with van der Waals surface area (Å²) in [5, 5.41) is 9.23. The Hall–Kier alpha value is -1.34. The van der Waals surface area contributed by atoms with Crippen LogP contribution in [0.25, 0.3) is 0 Å². The zero-order chi connectivity index (χ0) is 11.8. The van der Waals surface area contributed by atoms with E-state index in [2.05, 4.69) is 22.0 Å². The quantitative estimate of drug-likeness (QED) is 0.836. The summed E-state index contributed by atoms with van der Waals surface area (Å²) < 4.78 is 5.95. The summed E-state index contributed by atoms with van der Waals surface area (Å²) in [6.45, 7) is 0. The minimum Gasteiger partial charge on any atom is -0.496 e. The second kappa shape index (κ2) is 3.91. The minimum atomic E-state index is -0.662. The summed E-state index contributed by atoms with van der Waals surface area (Å²) in [6.07, 6.45) is 0.602. The molecule has 1 aromatic rings. The Bertz CT molecular complexity index is 482. The van der Waals surface area contributed by atoms with Crippen LogP contribution in [0.1, 0.15) is 18.4 Å². The second-order valence-corrected chi connectivity index (χ2v) is 4.70. The fraction of sp³-hybridized carbons (Fsp3) is 0.333. The Balaban J connectivity index is 2.49. The van der Waals surface area contributed by atoms with Crippen molar-refractivity contribution in [3.8, 4) is 11.8 Å². The number of Topliss-reactive ketones (excluding diaryl/α,β-unsaturated/α-hetero) is 1. The smallest absolute Gasteiger partial charge is 0.136 e. The number of halogens is 1. The highest BCUT2D eigenvalue weighted by molar-refractivity contribution is 9.10. The summed E-state index contributed by atoms with van der Waals surface area (Å²) >= 11 is 3.43. The standard InChI is InChI=1S/C12H10BrNO2/c1-16-10-4-2-3-9(11(10)13)12(7-14)5-8(15)6-12/h2-4H,5-6H2,1H3. The van der Waals surface area contributed by atoms with Gasteiger partial charge in [-0.05, 0) is 27.6 Å². The van der Waals surface area contributed by atoms with Crippen LogP contribution in [-0.2, 0) is 10.2 Å². The van der Waals surface area contributed by atoms with Gasteiger partial charge in [-0.15, -0.1) is 0 Å². The summed E-state index contributed by atoms with van der Waals surface area (Å²) in [5.41, 5.74) is 0.179. The van der Waals surface area contributed by atoms with E-state index in [1.165, 1.54) is 0 Å². The molecule has 1 saturated carbocycles. The van der Waals surface area contributed by atoms with Crippen LogP contribution in [0.2, 0.25) is 0 Å². The number of ether oxygens (including phenoxy) is 1. The van der Waals surface area contributed by atoms with Crippen molar-refractivity contribution in [1.29, 1.82) is 5.26 Å². The Kier molecular flexibility index (Phi) is 2.73. The first-order chi connectivity index (χ1) is 7.63. The van der Waals surface area contributed by atoms with Gasteiger partial charge in [-0.3, -0.25) is 4.79 Å². The van der Waals surface area contributed by atoms with Gasteiger partial charge < -0.3 is 4.74 Å². The molecule has 0 aromatic heterocycles. The first kappa shape index (κ1) is 11.2. The third-order valence-electron chi connectivity index (χ3n) is 2.91. The zero-order valence-electron chi connectivity index (χ0n) is 8.79. The van der Waals surface area contributed by atoms with Crippen LogP contribution in [0.3, 0.4) is 0 Å². The highest BCUT2D eigenvalue weighted by Gasteiger charge is 2.46. The molecule has 0 unspecified atom stereocenters. The lowest BCUT2D eigenvalue weighted by Crippen LogP contribution is -2.40. The fourth-order valence-electron chi connectivity index (χ4n) is 1.99. The molecule has 0 heterocycles. The normalized spacial score (nSPS) is 17.4. The molecule has 82 valence electrons. The van der Waals surface area contributed by atoms with Crippen molar-refractivity contribution >= 4 is 21.7 Å². The van der Waals surface area contributed by atoms with Crippen molar-refractivity contribution in [3.05, 3.63) is 28.2 Å². The van der Waals surface area contributed by atoms with Gasteiger partial charge in [-0.1, -0.05) is 12.1 Å². The van der Waals surface area contributed by atoms with E-state index in [0.717, 1.165) is 10.0 Å². The van der Waals surface area contributed by atoms with Crippen LogP contribution in [0.5, 0.6) is 5.75 Å². The van der Waals surface area contributed by atoms with Crippen LogP contribution in [0, 0.1) is 11.3 Å². The SMILES string of the molecule is COc1cccc(C2(C#N)CC(=O)C2)c1Br. The van der Waals surface area contributed by atoms with Crippen LogP contribution in [-0.4, -0.2) is 12.9 Å². The van der Waals surface area contributed by atoms with E-state index in [9.17, 15) is 10.1 Å². The molecule has 1 fully saturated rings. The number of carbonyl (C=O) groups excluding carboxylic acids is 1. The highest BCUT2D eigenvalue weighted by Crippen LogP contribution is 2.45. The number of hydrogen-bond donors (Lipinski definition) is 0. The summed E-state index contributed by atoms with van der Waals surface area (Å²) in [7, 11) is 1.58. The summed E-state index contributed by atoms with van der Waals surface area (Å²) in [5.74, 6) is 0.822. The number of nitriles is 1. The Morgan fingerprint density at radius 2 is 2.19 bits per heavy atom. The average Bonchev–Trinajstić information content (AvgIpc) is 2.25. The van der Waals surface area contributed by atoms with E-state index < -0.39 is 5.41 Å². The first-order valence-corrected chi connectivity index (χ1v) is 5.68. The van der Waals surface area contributed by atoms with Gasteiger partial charge in [0.15, 0.2) is 0 Å². The lowest BCUT2D eigenvalue weighted by Gasteiger charge is -2.35. The van der Waals surface area contributed by atoms with Gasteiger partial charge in [0.25, 0.3) is 0 Å². The number of hydrogen-bond acceptors (Lipinski definition) is 3. The van der Waals surface area contributed by atoms with Crippen LogP contribution >= 0.6 is 15.9 Å². The van der Waals surface area contributed by atoms with Gasteiger partial charge in [0.1, 0.15) is 11.5 Å². The van der Waals surface area contributed by atoms with Gasteiger partial charge in [-0.2, -0.15) is 5.26 Å². The lowest BCUT2D eigenvalue weighted by atomic mass is 9.65. The average molecular weight is 280 g/mol. The maximum Gasteiger partial charge on any atom is 0.136 e. The molecule has 0 bridgehead atoms. The van der Waals surface area contributed by atoms with Gasteiger partial charge >= 0.3 is 0 Å². The maximum atomic E-state index is 11.1. The van der Waals surface area contributed by atoms with Crippen LogP contribution in [0.4, 0.5) is 0 Å². The maximum absolute atomic E-state index is 11.1. The molecule has 0 saturated heterocycles. The largest absolute Gasteiger partial charge is 0.496 e. The molecule has 1 aliphatic carbocycles. The molecule has 1 aromatic carbocycles. The summed E-state index contributed by atoms with van der Waals surface area (Å²) in [6, 6.07) is 7.76. The number of ketones is 1. The molecular weight excluding hydrogens is 270 g/mol. The van der Waals surface area contributed by atoms with Crippen molar-refractivity contribution in [2.24, 2.45) is 0 Å². The molecule has 0 atom stereocenters. The lowest BCUT2D eigenvalue weighted by molar-refractivity contribution is -0.126. The van der Waals surface area contributed by atoms with Crippen molar-refractivity contribution in [1.82, 2.24) is 0 Å². The molecule has 3 nitrogen and oxygen atoms in total. The molecule has 2 rings (SSSR count). The third kappa shape index (κ3) is 1.52. The Labute approximate surface area is 102 Å². The monoisotopic (exact) mass is 279 g/mol. The Morgan fingerprint density at radius 1 is 1.50 bits per heavy atom. The molecule has 0 N–H and O–H groups in total. The molecule has 4 heteroatoms. The molecule has 16 heavy (non-hydrogen) atoms. The molecule has 1 aliphatic rings. The minimum absolute atomic E-state index is 0.135. The third-order valence-corrected chi connectivity index (χ3v) is 3.73. The first-order valence-electron chi connectivity index (χ1n) is 4.89. The molecular formula is C12H10BrNO2. The molecule has 0 amide bonds. The van der Waals surface area contributed by atoms with Gasteiger partial charge in [0.2, 0.25) is 0 Å². The van der Waals surface area contributed by atoms with Crippen LogP contribution in [0.15, 0.2) is 22.7 Å². The van der Waals surface area contributed by atoms with E-state index in [-0.39, 0.29) is 5.78 Å². The van der Waals surface area contributed by atoms with Crippen molar-refractivity contribution in [2.75, 3.05) is 7.11 Å². The van der Waals surface area contributed by atoms with Crippen molar-refractivity contribution < 1.29 is 9.53 Å². The van der Waals surface area contributed by atoms with E-state index >= 15 is 0 Å². The van der Waals surface area contributed by atoms with Gasteiger partial charge in [0.05, 0.1) is 23.1 Å². The molecule has 0 aliphatic heterocycles. The number of benzene rings is 1. The molecule has 0 spiro atoms. The predicted octanol–water partition coefficient (Wildman–Crippen LogP) is 2.58. The highest BCUT2D eigenvalue weighted by atomic mass is 79.9. The van der Waals surface area contributed by atoms with E-state index in [4.69, 9.17) is 4.74 Å². The van der Waals surface area contributed by atoms with Gasteiger partial charge in [-0.25, -0.2) is 0 Å². The van der Waals surface area contributed by atoms with Crippen molar-refractivity contribution in [2.45, 2.75) is 18.3 Å². The van der Waals surface area contributed by atoms with E-state index in [1.807, 2.05) is 18.2 Å². The number of methoxy groups -OCH3 is 1. The number of rotatable bonds is 2.